The number of aromatic hydroxyl groups is 1. The summed E-state index contributed by atoms with van der Waals surface area (Å²) in [6, 6.07) is 19.5. The minimum Gasteiger partial charge on any atom is -0.507 e. The highest BCUT2D eigenvalue weighted by molar-refractivity contribution is 6.04. The Morgan fingerprint density at radius 3 is 2.51 bits per heavy atom. The van der Waals surface area contributed by atoms with Gasteiger partial charge in [-0.25, -0.2) is 9.18 Å². The van der Waals surface area contributed by atoms with E-state index in [1.54, 1.807) is 42.5 Å². The summed E-state index contributed by atoms with van der Waals surface area (Å²) < 4.78 is 14.8. The van der Waals surface area contributed by atoms with E-state index < -0.39 is 6.03 Å². The van der Waals surface area contributed by atoms with Crippen LogP contribution in [-0.2, 0) is 13.0 Å². The van der Waals surface area contributed by atoms with Crippen LogP contribution < -0.4 is 10.6 Å². The van der Waals surface area contributed by atoms with Gasteiger partial charge in [-0.1, -0.05) is 31.2 Å². The van der Waals surface area contributed by atoms with Crippen LogP contribution in [-0.4, -0.2) is 26.8 Å². The molecule has 0 bridgehead atoms. The van der Waals surface area contributed by atoms with Gasteiger partial charge >= 0.3 is 6.03 Å². The van der Waals surface area contributed by atoms with Crippen LogP contribution in [0.3, 0.4) is 0 Å². The fourth-order valence-electron chi connectivity index (χ4n) is 4.17. The average Bonchev–Trinajstić information content (AvgIpc) is 3.66. The van der Waals surface area contributed by atoms with Crippen molar-refractivity contribution >= 4 is 17.6 Å². The summed E-state index contributed by atoms with van der Waals surface area (Å²) in [6.45, 7) is 2.21. The van der Waals surface area contributed by atoms with Crippen LogP contribution in [0.4, 0.5) is 14.9 Å². The predicted octanol–water partition coefficient (Wildman–Crippen LogP) is 5.84. The molecule has 0 atom stereocenters. The van der Waals surface area contributed by atoms with Gasteiger partial charge in [-0.05, 0) is 78.9 Å². The second kappa shape index (κ2) is 10.3. The highest BCUT2D eigenvalue weighted by Gasteiger charge is 2.31. The summed E-state index contributed by atoms with van der Waals surface area (Å²) in [6.07, 6.45) is 2.78. The van der Waals surface area contributed by atoms with Crippen LogP contribution in [0, 0.1) is 5.82 Å². The Bertz CT molecular complexity index is 1460. The van der Waals surface area contributed by atoms with Crippen LogP contribution in [0.5, 0.6) is 5.75 Å². The van der Waals surface area contributed by atoms with Crippen molar-refractivity contribution in [2.24, 2.45) is 0 Å². The zero-order valence-corrected chi connectivity index (χ0v) is 20.4. The maximum atomic E-state index is 13.5. The van der Waals surface area contributed by atoms with Crippen LogP contribution in [0.25, 0.3) is 11.3 Å². The zero-order valence-electron chi connectivity index (χ0n) is 20.4. The molecule has 3 aromatic carbocycles. The largest absolute Gasteiger partial charge is 0.507 e. The van der Waals surface area contributed by atoms with Gasteiger partial charge in [-0.15, -0.1) is 0 Å². The normalized spacial score (nSPS) is 12.8. The number of phenols is 1. The molecule has 1 aromatic heterocycles. The van der Waals surface area contributed by atoms with Crippen molar-refractivity contribution in [3.05, 3.63) is 101 Å². The van der Waals surface area contributed by atoms with Gasteiger partial charge < -0.3 is 15.7 Å². The quantitative estimate of drug-likeness (QED) is 0.279. The molecule has 1 saturated carbocycles. The van der Waals surface area contributed by atoms with Crippen LogP contribution >= 0.6 is 0 Å². The van der Waals surface area contributed by atoms with E-state index in [-0.39, 0.29) is 29.9 Å². The number of phenolic OH excluding ortho intramolecular Hbond substituents is 1. The van der Waals surface area contributed by atoms with E-state index in [1.165, 1.54) is 22.9 Å². The Labute approximate surface area is 214 Å². The second-order valence-corrected chi connectivity index (χ2v) is 9.17. The van der Waals surface area contributed by atoms with E-state index in [9.17, 15) is 19.1 Å². The van der Waals surface area contributed by atoms with Crippen molar-refractivity contribution in [2.45, 2.75) is 38.6 Å². The molecule has 2 amide bonds. The van der Waals surface area contributed by atoms with Gasteiger partial charge in [-0.3, -0.25) is 4.79 Å². The maximum Gasteiger partial charge on any atom is 0.342 e. The third kappa shape index (κ3) is 5.53. The lowest BCUT2D eigenvalue weighted by Crippen LogP contribution is -2.30. The Morgan fingerprint density at radius 1 is 1.03 bits per heavy atom. The molecule has 1 heterocycles. The molecule has 7 nitrogen and oxygen atoms in total. The SMILES string of the molecule is CCc1ccc(C(=O)Nc2ccc(O)c(-c3cc(C4CC4)n(C(=O)NCc4cccc(F)c4)n3)c2)cc1. The van der Waals surface area contributed by atoms with E-state index in [0.717, 1.165) is 30.5 Å². The van der Waals surface area contributed by atoms with Gasteiger partial charge in [0, 0.05) is 29.3 Å². The van der Waals surface area contributed by atoms with E-state index >= 15 is 0 Å². The second-order valence-electron chi connectivity index (χ2n) is 9.17. The third-order valence-corrected chi connectivity index (χ3v) is 6.41. The van der Waals surface area contributed by atoms with E-state index in [0.29, 0.717) is 28.1 Å². The molecule has 3 N–H and O–H groups in total. The predicted molar refractivity (Wildman–Crippen MR) is 139 cm³/mol. The number of amides is 2. The molecule has 4 aromatic rings. The molecule has 0 radical (unpaired) electrons. The molecule has 0 aliphatic heterocycles. The Kier molecular flexibility index (Phi) is 6.72. The molecule has 1 aliphatic carbocycles. The van der Waals surface area contributed by atoms with Crippen LogP contribution in [0.2, 0.25) is 0 Å². The number of hydrogen-bond acceptors (Lipinski definition) is 4. The van der Waals surface area contributed by atoms with Crippen LogP contribution in [0.1, 0.15) is 52.9 Å². The Hall–Kier alpha value is -4.46. The molecule has 5 rings (SSSR count). The fraction of sp³-hybridized carbons (Fsp3) is 0.207. The van der Waals surface area contributed by atoms with E-state index in [1.807, 2.05) is 12.1 Å². The van der Waals surface area contributed by atoms with Gasteiger partial charge in [0.2, 0.25) is 0 Å². The van der Waals surface area contributed by atoms with Crippen molar-refractivity contribution in [3.8, 4) is 17.0 Å². The molecule has 0 spiro atoms. The molecule has 37 heavy (non-hydrogen) atoms. The number of nitrogens with zero attached hydrogens (tertiary/aromatic N) is 2. The van der Waals surface area contributed by atoms with Gasteiger partial charge in [0.15, 0.2) is 0 Å². The summed E-state index contributed by atoms with van der Waals surface area (Å²) in [5.74, 6) is -0.442. The lowest BCUT2D eigenvalue weighted by Gasteiger charge is -2.09. The summed E-state index contributed by atoms with van der Waals surface area (Å²) in [5.41, 5.74) is 4.38. The standard InChI is InChI=1S/C29H27FN4O3/c1-2-18-6-8-21(9-7-18)28(36)32-23-12-13-27(35)24(15-23)25-16-26(20-10-11-20)34(33-25)29(37)31-17-19-4-3-5-22(30)14-19/h3-9,12-16,20,35H,2,10-11,17H2,1H3,(H,31,37)(H,32,36). The first kappa shape index (κ1) is 24.2. The number of aromatic nitrogens is 2. The van der Waals surface area contributed by atoms with Crippen LogP contribution in [0.15, 0.2) is 72.8 Å². The number of rotatable bonds is 7. The zero-order chi connectivity index (χ0) is 25.9. The topological polar surface area (TPSA) is 96.2 Å². The summed E-state index contributed by atoms with van der Waals surface area (Å²) in [7, 11) is 0. The molecule has 0 saturated heterocycles. The van der Waals surface area contributed by atoms with Gasteiger partial charge in [0.25, 0.3) is 5.91 Å². The molecule has 188 valence electrons. The van der Waals surface area contributed by atoms with Crippen molar-refractivity contribution in [2.75, 3.05) is 5.32 Å². The minimum absolute atomic E-state index is 0.0162. The first-order valence-electron chi connectivity index (χ1n) is 12.3. The van der Waals surface area contributed by atoms with E-state index in [2.05, 4.69) is 22.7 Å². The molecular formula is C29H27FN4O3. The van der Waals surface area contributed by atoms with Crippen molar-refractivity contribution in [1.29, 1.82) is 0 Å². The van der Waals surface area contributed by atoms with Crippen molar-refractivity contribution < 1.29 is 19.1 Å². The molecule has 8 heteroatoms. The number of anilines is 1. The number of benzene rings is 3. The smallest absolute Gasteiger partial charge is 0.342 e. The number of carbonyl (C=O) groups is 2. The summed E-state index contributed by atoms with van der Waals surface area (Å²) in [4.78, 5) is 25.7. The Morgan fingerprint density at radius 2 is 1.81 bits per heavy atom. The van der Waals surface area contributed by atoms with E-state index in [4.69, 9.17) is 0 Å². The molecule has 0 unspecified atom stereocenters. The number of hydrogen-bond donors (Lipinski definition) is 3. The minimum atomic E-state index is -0.433. The molecular weight excluding hydrogens is 471 g/mol. The number of aryl methyl sites for hydroxylation is 1. The first-order chi connectivity index (χ1) is 17.9. The molecule has 1 aliphatic rings. The van der Waals surface area contributed by atoms with Gasteiger partial charge in [0.1, 0.15) is 11.6 Å². The highest BCUT2D eigenvalue weighted by atomic mass is 19.1. The fourth-order valence-corrected chi connectivity index (χ4v) is 4.17. The van der Waals surface area contributed by atoms with Gasteiger partial charge in [-0.2, -0.15) is 9.78 Å². The number of halogens is 1. The summed E-state index contributed by atoms with van der Waals surface area (Å²) >= 11 is 0. The highest BCUT2D eigenvalue weighted by Crippen LogP contribution is 2.42. The lowest BCUT2D eigenvalue weighted by atomic mass is 10.1. The Balaban J connectivity index is 1.37. The first-order valence-corrected chi connectivity index (χ1v) is 12.3. The van der Waals surface area contributed by atoms with Gasteiger partial charge in [0.05, 0.1) is 11.4 Å². The summed E-state index contributed by atoms with van der Waals surface area (Å²) in [5, 5.41) is 20.7. The third-order valence-electron chi connectivity index (χ3n) is 6.41. The number of carbonyl (C=O) groups excluding carboxylic acids is 2. The van der Waals surface area contributed by atoms with Crippen molar-refractivity contribution in [1.82, 2.24) is 15.1 Å². The average molecular weight is 499 g/mol. The number of nitrogens with one attached hydrogen (secondary N) is 2. The lowest BCUT2D eigenvalue weighted by molar-refractivity contribution is 0.102. The maximum absolute atomic E-state index is 13.5. The monoisotopic (exact) mass is 498 g/mol. The van der Waals surface area contributed by atoms with Crippen molar-refractivity contribution in [3.63, 3.8) is 0 Å². The molecule has 1 fully saturated rings.